The number of carbonyl (C=O) groups is 4. The smallest absolute Gasteiger partial charge is 0.272 e. The van der Waals surface area contributed by atoms with Crippen LogP contribution in [0.2, 0.25) is 0 Å². The van der Waals surface area contributed by atoms with Gasteiger partial charge in [0.15, 0.2) is 17.3 Å². The number of carbonyl (C=O) groups excluding carboxylic acids is 4. The lowest BCUT2D eigenvalue weighted by Gasteiger charge is -2.15. The highest BCUT2D eigenvalue weighted by Gasteiger charge is 2.18. The van der Waals surface area contributed by atoms with E-state index < -0.39 is 11.8 Å². The Morgan fingerprint density at radius 2 is 1.30 bits per heavy atom. The summed E-state index contributed by atoms with van der Waals surface area (Å²) < 4.78 is 16.3. The number of rotatable bonds is 13. The lowest BCUT2D eigenvalue weighted by Crippen LogP contribution is -2.30. The third-order valence-electron chi connectivity index (χ3n) is 6.58. The lowest BCUT2D eigenvalue weighted by atomic mass is 10.1. The maximum atomic E-state index is 13.5. The second kappa shape index (κ2) is 16.0. The van der Waals surface area contributed by atoms with Gasteiger partial charge in [0, 0.05) is 27.4 Å². The summed E-state index contributed by atoms with van der Waals surface area (Å²) in [6, 6.07) is 25.5. The normalized spacial score (nSPS) is 10.8. The van der Waals surface area contributed by atoms with Crippen LogP contribution in [-0.4, -0.2) is 50.6 Å². The minimum absolute atomic E-state index is 0.0189. The van der Waals surface area contributed by atoms with Gasteiger partial charge in [-0.3, -0.25) is 19.2 Å². The molecule has 0 unspecified atom stereocenters. The summed E-state index contributed by atoms with van der Waals surface area (Å²) in [7, 11) is 4.46. The van der Waals surface area contributed by atoms with E-state index in [1.165, 1.54) is 46.1 Å². The van der Waals surface area contributed by atoms with Gasteiger partial charge in [-0.2, -0.15) is 0 Å². The summed E-state index contributed by atoms with van der Waals surface area (Å²) in [4.78, 5) is 51.2. The Labute approximate surface area is 271 Å². The van der Waals surface area contributed by atoms with Gasteiger partial charge in [-0.25, -0.2) is 0 Å². The topological polar surface area (TPSA) is 132 Å². The zero-order chi connectivity index (χ0) is 33.1. The molecule has 4 rings (SSSR count). The van der Waals surface area contributed by atoms with E-state index in [1.807, 2.05) is 0 Å². The molecule has 0 bridgehead atoms. The van der Waals surface area contributed by atoms with Gasteiger partial charge in [0.25, 0.3) is 11.8 Å². The molecule has 46 heavy (non-hydrogen) atoms. The molecule has 0 saturated heterocycles. The van der Waals surface area contributed by atoms with Crippen LogP contribution in [0.3, 0.4) is 0 Å². The fourth-order valence-electron chi connectivity index (χ4n) is 4.26. The van der Waals surface area contributed by atoms with Crippen molar-refractivity contribution in [1.82, 2.24) is 5.32 Å². The Morgan fingerprint density at radius 3 is 1.87 bits per heavy atom. The van der Waals surface area contributed by atoms with Gasteiger partial charge in [0.05, 0.1) is 27.1 Å². The van der Waals surface area contributed by atoms with E-state index in [2.05, 4.69) is 16.0 Å². The maximum Gasteiger partial charge on any atom is 0.272 e. The van der Waals surface area contributed by atoms with Crippen LogP contribution in [0.15, 0.2) is 102 Å². The van der Waals surface area contributed by atoms with E-state index in [1.54, 1.807) is 91.0 Å². The fraction of sp³-hybridized carbons (Fsp3) is 0.143. The summed E-state index contributed by atoms with van der Waals surface area (Å²) in [5, 5.41) is 8.33. The number of ether oxygens (including phenoxy) is 3. The Kier molecular flexibility index (Phi) is 11.6. The first kappa shape index (κ1) is 33.3. The molecule has 0 fully saturated rings. The standard InChI is InChI=1S/C35H33N3O7S/c1-22(39)24-10-12-26(13-11-24)36-32(40)21-46-28-16-14-27(15-17-28)37-35(42)29(38-34(41)25-8-6-5-7-9-25)18-23-19-30(43-2)33(45-4)31(20-23)44-3/h5-20H,21H2,1-4H3,(H,36,40)(H,37,42)(H,38,41)/b29-18-. The van der Waals surface area contributed by atoms with Gasteiger partial charge >= 0.3 is 0 Å². The van der Waals surface area contributed by atoms with Gasteiger partial charge in [-0.1, -0.05) is 18.2 Å². The second-order valence-corrected chi connectivity index (χ2v) is 10.8. The number of hydrogen-bond acceptors (Lipinski definition) is 8. The molecule has 0 radical (unpaired) electrons. The van der Waals surface area contributed by atoms with Gasteiger partial charge < -0.3 is 30.2 Å². The van der Waals surface area contributed by atoms with Crippen LogP contribution < -0.4 is 30.2 Å². The minimum Gasteiger partial charge on any atom is -0.493 e. The SMILES string of the molecule is COc1cc(/C=C(\NC(=O)c2ccccc2)C(=O)Nc2ccc(SCC(=O)Nc3ccc(C(C)=O)cc3)cc2)cc(OC)c1OC. The quantitative estimate of drug-likeness (QED) is 0.0915. The van der Waals surface area contributed by atoms with Gasteiger partial charge in [0.2, 0.25) is 11.7 Å². The molecule has 3 amide bonds. The van der Waals surface area contributed by atoms with E-state index >= 15 is 0 Å². The molecule has 0 aliphatic carbocycles. The molecule has 0 aliphatic heterocycles. The number of thioether (sulfide) groups is 1. The molecule has 4 aromatic carbocycles. The van der Waals surface area contributed by atoms with Crippen LogP contribution in [-0.2, 0) is 9.59 Å². The van der Waals surface area contributed by atoms with Crippen molar-refractivity contribution in [3.8, 4) is 17.2 Å². The van der Waals surface area contributed by atoms with Crippen molar-refractivity contribution < 1.29 is 33.4 Å². The molecule has 0 heterocycles. The highest BCUT2D eigenvalue weighted by molar-refractivity contribution is 8.00. The number of methoxy groups -OCH3 is 3. The summed E-state index contributed by atoms with van der Waals surface area (Å²) in [6.45, 7) is 1.48. The van der Waals surface area contributed by atoms with Crippen molar-refractivity contribution in [1.29, 1.82) is 0 Å². The number of nitrogens with one attached hydrogen (secondary N) is 3. The van der Waals surface area contributed by atoms with Crippen molar-refractivity contribution in [2.24, 2.45) is 0 Å². The molecule has 0 aromatic heterocycles. The number of benzene rings is 4. The molecular weight excluding hydrogens is 606 g/mol. The van der Waals surface area contributed by atoms with Crippen LogP contribution in [0.4, 0.5) is 11.4 Å². The zero-order valence-corrected chi connectivity index (χ0v) is 26.5. The average molecular weight is 640 g/mol. The Hall–Kier alpha value is -5.55. The van der Waals surface area contributed by atoms with Crippen LogP contribution in [0, 0.1) is 0 Å². The molecule has 11 heteroatoms. The second-order valence-electron chi connectivity index (χ2n) is 9.79. The first-order valence-corrected chi connectivity index (χ1v) is 15.0. The fourth-order valence-corrected chi connectivity index (χ4v) is 4.96. The van der Waals surface area contributed by atoms with Crippen molar-refractivity contribution in [2.75, 3.05) is 37.7 Å². The minimum atomic E-state index is -0.561. The molecule has 4 aromatic rings. The number of Topliss-reactive ketones (excluding diaryl/α,β-unsaturated/α-hetero) is 1. The molecule has 10 nitrogen and oxygen atoms in total. The lowest BCUT2D eigenvalue weighted by molar-refractivity contribution is -0.114. The average Bonchev–Trinajstić information content (AvgIpc) is 3.07. The van der Waals surface area contributed by atoms with Gasteiger partial charge in [0.1, 0.15) is 5.70 Å². The molecule has 0 aliphatic rings. The number of ketones is 1. The van der Waals surface area contributed by atoms with Crippen molar-refractivity contribution >= 4 is 52.7 Å². The van der Waals surface area contributed by atoms with Crippen LogP contribution in [0.5, 0.6) is 17.2 Å². The van der Waals surface area contributed by atoms with E-state index in [0.29, 0.717) is 45.3 Å². The first-order valence-electron chi connectivity index (χ1n) is 14.0. The molecule has 0 saturated carbocycles. The zero-order valence-electron chi connectivity index (χ0n) is 25.7. The number of amides is 3. The predicted molar refractivity (Wildman–Crippen MR) is 179 cm³/mol. The molecular formula is C35H33N3O7S. The largest absolute Gasteiger partial charge is 0.493 e. The highest BCUT2D eigenvalue weighted by atomic mass is 32.2. The molecule has 0 atom stereocenters. The van der Waals surface area contributed by atoms with E-state index in [4.69, 9.17) is 14.2 Å². The van der Waals surface area contributed by atoms with Gasteiger partial charge in [-0.15, -0.1) is 11.8 Å². The van der Waals surface area contributed by atoms with Crippen molar-refractivity contribution in [3.63, 3.8) is 0 Å². The van der Waals surface area contributed by atoms with E-state index in [9.17, 15) is 19.2 Å². The summed E-state index contributed by atoms with van der Waals surface area (Å²) in [6.07, 6.45) is 1.51. The van der Waals surface area contributed by atoms with Gasteiger partial charge in [-0.05, 0) is 91.4 Å². The van der Waals surface area contributed by atoms with E-state index in [-0.39, 0.29) is 23.1 Å². The van der Waals surface area contributed by atoms with E-state index in [0.717, 1.165) is 4.90 Å². The Morgan fingerprint density at radius 1 is 0.717 bits per heavy atom. The Bertz CT molecular complexity index is 1710. The Balaban J connectivity index is 1.47. The number of hydrogen-bond donors (Lipinski definition) is 3. The summed E-state index contributed by atoms with van der Waals surface area (Å²) in [5.74, 6) is 0.0466. The predicted octanol–water partition coefficient (Wildman–Crippen LogP) is 6.06. The first-order chi connectivity index (χ1) is 22.2. The highest BCUT2D eigenvalue weighted by Crippen LogP contribution is 2.38. The molecule has 3 N–H and O–H groups in total. The van der Waals surface area contributed by atoms with Crippen LogP contribution in [0.1, 0.15) is 33.2 Å². The molecule has 0 spiro atoms. The number of anilines is 2. The van der Waals surface area contributed by atoms with Crippen LogP contribution >= 0.6 is 11.8 Å². The summed E-state index contributed by atoms with van der Waals surface area (Å²) in [5.41, 5.74) is 2.53. The monoisotopic (exact) mass is 639 g/mol. The van der Waals surface area contributed by atoms with Crippen molar-refractivity contribution in [3.05, 3.63) is 113 Å². The van der Waals surface area contributed by atoms with Crippen LogP contribution in [0.25, 0.3) is 6.08 Å². The summed E-state index contributed by atoms with van der Waals surface area (Å²) >= 11 is 1.33. The third-order valence-corrected chi connectivity index (χ3v) is 7.60. The maximum absolute atomic E-state index is 13.5. The third kappa shape index (κ3) is 8.99. The van der Waals surface area contributed by atoms with Crippen molar-refractivity contribution in [2.45, 2.75) is 11.8 Å². The molecule has 236 valence electrons.